The fourth-order valence-electron chi connectivity index (χ4n) is 1.25. The summed E-state index contributed by atoms with van der Waals surface area (Å²) in [6, 6.07) is 0. The molecule has 1 heterocycles. The highest BCUT2D eigenvalue weighted by molar-refractivity contribution is 5.65. The standard InChI is InChI=1S/C8H14O4/c1-6(10)11-5-8-3-2-7(4-9)12-8/h7-9H,2-5H2,1H3/t7-,8+/m1/s1. The molecule has 0 amide bonds. The summed E-state index contributed by atoms with van der Waals surface area (Å²) in [6.45, 7) is 1.74. The van der Waals surface area contributed by atoms with Gasteiger partial charge in [0.15, 0.2) is 0 Å². The van der Waals surface area contributed by atoms with Gasteiger partial charge in [0, 0.05) is 6.92 Å². The molecule has 1 aliphatic heterocycles. The molecule has 1 rings (SSSR count). The monoisotopic (exact) mass is 174 g/mol. The molecular weight excluding hydrogens is 160 g/mol. The topological polar surface area (TPSA) is 55.8 Å². The maximum Gasteiger partial charge on any atom is 0.302 e. The van der Waals surface area contributed by atoms with E-state index in [0.29, 0.717) is 6.61 Å². The third kappa shape index (κ3) is 2.79. The molecule has 0 saturated carbocycles. The van der Waals surface area contributed by atoms with Crippen molar-refractivity contribution < 1.29 is 19.4 Å². The summed E-state index contributed by atoms with van der Waals surface area (Å²) in [4.78, 5) is 10.4. The van der Waals surface area contributed by atoms with Gasteiger partial charge >= 0.3 is 5.97 Å². The Morgan fingerprint density at radius 1 is 1.58 bits per heavy atom. The van der Waals surface area contributed by atoms with Crippen molar-refractivity contribution in [2.24, 2.45) is 0 Å². The van der Waals surface area contributed by atoms with Gasteiger partial charge < -0.3 is 14.6 Å². The molecule has 4 nitrogen and oxygen atoms in total. The Kier molecular flexibility index (Phi) is 3.49. The van der Waals surface area contributed by atoms with Gasteiger partial charge in [0.05, 0.1) is 18.8 Å². The van der Waals surface area contributed by atoms with Crippen LogP contribution in [0.25, 0.3) is 0 Å². The van der Waals surface area contributed by atoms with Crippen LogP contribution in [0.5, 0.6) is 0 Å². The Morgan fingerprint density at radius 2 is 2.25 bits per heavy atom. The summed E-state index contributed by atoms with van der Waals surface area (Å²) in [7, 11) is 0. The van der Waals surface area contributed by atoms with E-state index in [1.54, 1.807) is 0 Å². The molecule has 12 heavy (non-hydrogen) atoms. The zero-order valence-electron chi connectivity index (χ0n) is 7.16. The third-order valence-corrected chi connectivity index (χ3v) is 1.87. The first-order chi connectivity index (χ1) is 5.72. The lowest BCUT2D eigenvalue weighted by Crippen LogP contribution is -2.20. The Hall–Kier alpha value is -0.610. The van der Waals surface area contributed by atoms with Crippen LogP contribution in [0.3, 0.4) is 0 Å². The number of carbonyl (C=O) groups is 1. The van der Waals surface area contributed by atoms with Gasteiger partial charge in [-0.25, -0.2) is 0 Å². The van der Waals surface area contributed by atoms with Gasteiger partial charge in [0.2, 0.25) is 0 Å². The molecule has 1 aliphatic rings. The zero-order valence-corrected chi connectivity index (χ0v) is 7.16. The van der Waals surface area contributed by atoms with E-state index in [0.717, 1.165) is 12.8 Å². The number of esters is 1. The van der Waals surface area contributed by atoms with E-state index in [4.69, 9.17) is 14.6 Å². The second-order valence-corrected chi connectivity index (χ2v) is 2.94. The predicted molar refractivity (Wildman–Crippen MR) is 41.6 cm³/mol. The Morgan fingerprint density at radius 3 is 2.75 bits per heavy atom. The molecule has 0 aliphatic carbocycles. The number of rotatable bonds is 3. The zero-order chi connectivity index (χ0) is 8.97. The highest BCUT2D eigenvalue weighted by atomic mass is 16.6. The molecule has 0 aromatic rings. The van der Waals surface area contributed by atoms with E-state index >= 15 is 0 Å². The molecule has 1 N–H and O–H groups in total. The maximum atomic E-state index is 10.4. The van der Waals surface area contributed by atoms with E-state index in [1.165, 1.54) is 6.92 Å². The molecule has 70 valence electrons. The van der Waals surface area contributed by atoms with Gasteiger partial charge in [-0.05, 0) is 12.8 Å². The highest BCUT2D eigenvalue weighted by Crippen LogP contribution is 2.19. The number of aliphatic hydroxyl groups is 1. The van der Waals surface area contributed by atoms with Crippen LogP contribution in [0.2, 0.25) is 0 Å². The first-order valence-electron chi connectivity index (χ1n) is 4.12. The number of hydrogen-bond donors (Lipinski definition) is 1. The minimum absolute atomic E-state index is 0.0222. The van der Waals surface area contributed by atoms with Gasteiger partial charge in [0.25, 0.3) is 0 Å². The molecule has 1 fully saturated rings. The molecule has 1 saturated heterocycles. The lowest BCUT2D eigenvalue weighted by Gasteiger charge is -2.11. The largest absolute Gasteiger partial charge is 0.463 e. The molecular formula is C8H14O4. The molecule has 0 spiro atoms. The number of aliphatic hydroxyl groups excluding tert-OH is 1. The summed E-state index contributed by atoms with van der Waals surface area (Å²) in [5, 5.41) is 8.73. The van der Waals surface area contributed by atoms with E-state index in [-0.39, 0.29) is 24.8 Å². The van der Waals surface area contributed by atoms with Gasteiger partial charge in [-0.1, -0.05) is 0 Å². The first-order valence-corrected chi connectivity index (χ1v) is 4.12. The van der Waals surface area contributed by atoms with Crippen molar-refractivity contribution in [1.82, 2.24) is 0 Å². The molecule has 4 heteroatoms. The summed E-state index contributed by atoms with van der Waals surface area (Å²) < 4.78 is 10.1. The van der Waals surface area contributed by atoms with Crippen molar-refractivity contribution in [2.75, 3.05) is 13.2 Å². The van der Waals surface area contributed by atoms with Crippen LogP contribution in [0.15, 0.2) is 0 Å². The van der Waals surface area contributed by atoms with Crippen LogP contribution >= 0.6 is 0 Å². The van der Waals surface area contributed by atoms with Crippen LogP contribution in [0.1, 0.15) is 19.8 Å². The lowest BCUT2D eigenvalue weighted by atomic mass is 10.2. The van der Waals surface area contributed by atoms with Crippen LogP contribution in [-0.4, -0.2) is 36.5 Å². The van der Waals surface area contributed by atoms with Crippen molar-refractivity contribution in [2.45, 2.75) is 32.0 Å². The SMILES string of the molecule is CC(=O)OC[C@@H]1CC[C@H](CO)O1. The highest BCUT2D eigenvalue weighted by Gasteiger charge is 2.24. The smallest absolute Gasteiger partial charge is 0.302 e. The molecule has 0 aromatic heterocycles. The van der Waals surface area contributed by atoms with Crippen molar-refractivity contribution in [3.8, 4) is 0 Å². The fraction of sp³-hybridized carbons (Fsp3) is 0.875. The van der Waals surface area contributed by atoms with Crippen molar-refractivity contribution in [3.05, 3.63) is 0 Å². The van der Waals surface area contributed by atoms with Gasteiger partial charge in [0.1, 0.15) is 6.61 Å². The number of ether oxygens (including phenoxy) is 2. The summed E-state index contributed by atoms with van der Waals surface area (Å²) >= 11 is 0. The van der Waals surface area contributed by atoms with Gasteiger partial charge in [-0.15, -0.1) is 0 Å². The van der Waals surface area contributed by atoms with E-state index in [2.05, 4.69) is 0 Å². The normalized spacial score (nSPS) is 28.8. The number of carbonyl (C=O) groups excluding carboxylic acids is 1. The van der Waals surface area contributed by atoms with Gasteiger partial charge in [-0.2, -0.15) is 0 Å². The van der Waals surface area contributed by atoms with Crippen LogP contribution in [0.4, 0.5) is 0 Å². The third-order valence-electron chi connectivity index (χ3n) is 1.87. The van der Waals surface area contributed by atoms with Gasteiger partial charge in [-0.3, -0.25) is 4.79 Å². The second kappa shape index (κ2) is 4.42. The molecule has 0 aromatic carbocycles. The Balaban J connectivity index is 2.15. The van der Waals surface area contributed by atoms with Crippen LogP contribution < -0.4 is 0 Å². The summed E-state index contributed by atoms with van der Waals surface area (Å²) in [5.41, 5.74) is 0. The lowest BCUT2D eigenvalue weighted by molar-refractivity contribution is -0.145. The first kappa shape index (κ1) is 9.48. The van der Waals surface area contributed by atoms with E-state index in [9.17, 15) is 4.79 Å². The number of hydrogen-bond acceptors (Lipinski definition) is 4. The van der Waals surface area contributed by atoms with Crippen LogP contribution in [0, 0.1) is 0 Å². The summed E-state index contributed by atoms with van der Waals surface area (Å²) in [5.74, 6) is -0.286. The molecule has 2 atom stereocenters. The Bertz CT molecular complexity index is 157. The fourth-order valence-corrected chi connectivity index (χ4v) is 1.25. The molecule has 0 bridgehead atoms. The minimum atomic E-state index is -0.286. The molecule has 0 unspecified atom stereocenters. The van der Waals surface area contributed by atoms with E-state index < -0.39 is 0 Å². The average molecular weight is 174 g/mol. The van der Waals surface area contributed by atoms with Crippen LogP contribution in [-0.2, 0) is 14.3 Å². The average Bonchev–Trinajstić information content (AvgIpc) is 2.48. The van der Waals surface area contributed by atoms with Crippen molar-refractivity contribution in [3.63, 3.8) is 0 Å². The van der Waals surface area contributed by atoms with Crippen molar-refractivity contribution >= 4 is 5.97 Å². The predicted octanol–water partition coefficient (Wildman–Crippen LogP) is 0.0894. The molecule has 0 radical (unpaired) electrons. The van der Waals surface area contributed by atoms with E-state index in [1.807, 2.05) is 0 Å². The second-order valence-electron chi connectivity index (χ2n) is 2.94. The summed E-state index contributed by atoms with van der Waals surface area (Å²) in [6.07, 6.45) is 1.62. The minimum Gasteiger partial charge on any atom is -0.463 e. The maximum absolute atomic E-state index is 10.4. The van der Waals surface area contributed by atoms with Crippen molar-refractivity contribution in [1.29, 1.82) is 0 Å². The quantitative estimate of drug-likeness (QED) is 0.616. The Labute approximate surface area is 71.5 Å².